The quantitative estimate of drug-likeness (QED) is 0.782. The van der Waals surface area contributed by atoms with Crippen molar-refractivity contribution in [3.8, 4) is 5.75 Å². The number of Topliss-reactive ketones (excluding diaryl/α,β-unsaturated/α-hetero) is 1. The minimum atomic E-state index is 0.109. The molecule has 94 valence electrons. The zero-order valence-electron chi connectivity index (χ0n) is 10.8. The Labute approximate surface area is 111 Å². The fourth-order valence-corrected chi connectivity index (χ4v) is 2.64. The SMILES string of the molecule is COc1c(C(=O)Cc2cccs2)ccc(C)c1C. The molecule has 0 saturated heterocycles. The first-order valence-corrected chi connectivity index (χ1v) is 6.71. The van der Waals surface area contributed by atoms with Gasteiger partial charge in [-0.3, -0.25) is 4.79 Å². The zero-order chi connectivity index (χ0) is 13.1. The molecule has 2 nitrogen and oxygen atoms in total. The van der Waals surface area contributed by atoms with Gasteiger partial charge in [-0.25, -0.2) is 0 Å². The number of ketones is 1. The molecule has 0 N–H and O–H groups in total. The van der Waals surface area contributed by atoms with Gasteiger partial charge in [0.1, 0.15) is 5.75 Å². The van der Waals surface area contributed by atoms with Gasteiger partial charge in [-0.1, -0.05) is 12.1 Å². The first-order chi connectivity index (χ1) is 8.63. The van der Waals surface area contributed by atoms with Crippen molar-refractivity contribution in [3.05, 3.63) is 51.2 Å². The number of methoxy groups -OCH3 is 1. The second kappa shape index (κ2) is 5.36. The topological polar surface area (TPSA) is 26.3 Å². The molecule has 0 bridgehead atoms. The summed E-state index contributed by atoms with van der Waals surface area (Å²) in [6.07, 6.45) is 0.441. The van der Waals surface area contributed by atoms with Crippen LogP contribution in [0.4, 0.5) is 0 Å². The van der Waals surface area contributed by atoms with Crippen molar-refractivity contribution in [2.75, 3.05) is 7.11 Å². The summed E-state index contributed by atoms with van der Waals surface area (Å²) < 4.78 is 5.38. The molecule has 3 heteroatoms. The molecule has 0 aliphatic heterocycles. The lowest BCUT2D eigenvalue weighted by Crippen LogP contribution is -2.06. The van der Waals surface area contributed by atoms with E-state index >= 15 is 0 Å². The third-order valence-electron chi connectivity index (χ3n) is 3.10. The number of ether oxygens (including phenoxy) is 1. The minimum absolute atomic E-state index is 0.109. The highest BCUT2D eigenvalue weighted by atomic mass is 32.1. The summed E-state index contributed by atoms with van der Waals surface area (Å²) in [6.45, 7) is 4.00. The Morgan fingerprint density at radius 3 is 2.67 bits per heavy atom. The van der Waals surface area contributed by atoms with Gasteiger partial charge < -0.3 is 4.74 Å². The van der Waals surface area contributed by atoms with E-state index in [2.05, 4.69) is 0 Å². The number of benzene rings is 1. The summed E-state index contributed by atoms with van der Waals surface area (Å²) in [5.41, 5.74) is 2.85. The molecule has 0 amide bonds. The number of carbonyl (C=O) groups is 1. The summed E-state index contributed by atoms with van der Waals surface area (Å²) in [7, 11) is 1.61. The van der Waals surface area contributed by atoms with Crippen molar-refractivity contribution >= 4 is 17.1 Å². The van der Waals surface area contributed by atoms with Gasteiger partial charge in [0.05, 0.1) is 12.7 Å². The lowest BCUT2D eigenvalue weighted by Gasteiger charge is -2.12. The highest BCUT2D eigenvalue weighted by Gasteiger charge is 2.16. The maximum absolute atomic E-state index is 12.3. The van der Waals surface area contributed by atoms with Gasteiger partial charge in [0, 0.05) is 11.3 Å². The van der Waals surface area contributed by atoms with Gasteiger partial charge in [0.15, 0.2) is 5.78 Å². The molecule has 1 aromatic heterocycles. The Morgan fingerprint density at radius 1 is 1.28 bits per heavy atom. The predicted molar refractivity (Wildman–Crippen MR) is 74.8 cm³/mol. The van der Waals surface area contributed by atoms with Crippen LogP contribution in [0.25, 0.3) is 0 Å². The molecule has 1 heterocycles. The van der Waals surface area contributed by atoms with E-state index < -0.39 is 0 Å². The van der Waals surface area contributed by atoms with Crippen molar-refractivity contribution in [2.24, 2.45) is 0 Å². The average Bonchev–Trinajstić information content (AvgIpc) is 2.85. The van der Waals surface area contributed by atoms with Gasteiger partial charge in [0.25, 0.3) is 0 Å². The van der Waals surface area contributed by atoms with Crippen molar-refractivity contribution in [2.45, 2.75) is 20.3 Å². The van der Waals surface area contributed by atoms with Crippen LogP contribution in [0.15, 0.2) is 29.6 Å². The lowest BCUT2D eigenvalue weighted by molar-refractivity contribution is 0.0990. The van der Waals surface area contributed by atoms with Crippen LogP contribution in [0.3, 0.4) is 0 Å². The molecule has 0 saturated carbocycles. The number of carbonyl (C=O) groups excluding carboxylic acids is 1. The highest BCUT2D eigenvalue weighted by Crippen LogP contribution is 2.27. The Balaban J connectivity index is 2.33. The van der Waals surface area contributed by atoms with Crippen LogP contribution >= 0.6 is 11.3 Å². The van der Waals surface area contributed by atoms with E-state index in [9.17, 15) is 4.79 Å². The molecule has 0 aliphatic carbocycles. The number of aryl methyl sites for hydroxylation is 1. The molecule has 2 aromatic rings. The summed E-state index contributed by atoms with van der Waals surface area (Å²) in [4.78, 5) is 13.4. The van der Waals surface area contributed by atoms with Crippen LogP contribution in [0.5, 0.6) is 5.75 Å². The van der Waals surface area contributed by atoms with Crippen molar-refractivity contribution in [1.29, 1.82) is 0 Å². The largest absolute Gasteiger partial charge is 0.496 e. The molecular formula is C15H16O2S. The predicted octanol–water partition coefficient (Wildman–Crippen LogP) is 3.80. The van der Waals surface area contributed by atoms with Gasteiger partial charge in [-0.05, 0) is 42.5 Å². The van der Waals surface area contributed by atoms with Crippen LogP contribution in [0.1, 0.15) is 26.4 Å². The molecule has 0 atom stereocenters. The van der Waals surface area contributed by atoms with E-state index in [0.29, 0.717) is 17.7 Å². The summed E-state index contributed by atoms with van der Waals surface area (Å²) in [5.74, 6) is 0.814. The molecule has 2 rings (SSSR count). The number of hydrogen-bond acceptors (Lipinski definition) is 3. The first-order valence-electron chi connectivity index (χ1n) is 5.83. The second-order valence-electron chi connectivity index (χ2n) is 4.27. The molecule has 0 fully saturated rings. The van der Waals surface area contributed by atoms with E-state index in [1.54, 1.807) is 18.4 Å². The van der Waals surface area contributed by atoms with E-state index in [-0.39, 0.29) is 5.78 Å². The van der Waals surface area contributed by atoms with Crippen LogP contribution in [-0.2, 0) is 6.42 Å². The van der Waals surface area contributed by atoms with Crippen molar-refractivity contribution in [1.82, 2.24) is 0 Å². The summed E-state index contributed by atoms with van der Waals surface area (Å²) in [5, 5.41) is 1.99. The first kappa shape index (κ1) is 12.8. The molecule has 0 aliphatic rings. The van der Waals surface area contributed by atoms with Gasteiger partial charge in [-0.15, -0.1) is 11.3 Å². The average molecular weight is 260 g/mol. The Bertz CT molecular complexity index is 556. The fraction of sp³-hybridized carbons (Fsp3) is 0.267. The van der Waals surface area contributed by atoms with E-state index in [1.807, 2.05) is 43.5 Å². The molecule has 1 aromatic carbocycles. The Kier molecular flexibility index (Phi) is 3.82. The molecule has 18 heavy (non-hydrogen) atoms. The maximum atomic E-state index is 12.3. The minimum Gasteiger partial charge on any atom is -0.496 e. The van der Waals surface area contributed by atoms with E-state index in [4.69, 9.17) is 4.74 Å². The molecule has 0 spiro atoms. The third-order valence-corrected chi connectivity index (χ3v) is 3.97. The van der Waals surface area contributed by atoms with E-state index in [0.717, 1.165) is 16.0 Å². The van der Waals surface area contributed by atoms with Crippen LogP contribution < -0.4 is 4.74 Å². The van der Waals surface area contributed by atoms with Gasteiger partial charge in [-0.2, -0.15) is 0 Å². The number of rotatable bonds is 4. The Morgan fingerprint density at radius 2 is 2.06 bits per heavy atom. The van der Waals surface area contributed by atoms with Crippen molar-refractivity contribution in [3.63, 3.8) is 0 Å². The second-order valence-corrected chi connectivity index (χ2v) is 5.30. The molecule has 0 unspecified atom stereocenters. The van der Waals surface area contributed by atoms with Gasteiger partial charge in [0.2, 0.25) is 0 Å². The molecular weight excluding hydrogens is 244 g/mol. The Hall–Kier alpha value is -1.61. The van der Waals surface area contributed by atoms with Crippen LogP contribution in [0, 0.1) is 13.8 Å². The van der Waals surface area contributed by atoms with E-state index in [1.165, 1.54) is 0 Å². The number of hydrogen-bond donors (Lipinski definition) is 0. The third kappa shape index (κ3) is 2.46. The summed E-state index contributed by atoms with van der Waals surface area (Å²) >= 11 is 1.61. The summed E-state index contributed by atoms with van der Waals surface area (Å²) in [6, 6.07) is 7.78. The fourth-order valence-electron chi connectivity index (χ4n) is 1.94. The van der Waals surface area contributed by atoms with Crippen LogP contribution in [0.2, 0.25) is 0 Å². The number of thiophene rings is 1. The highest BCUT2D eigenvalue weighted by molar-refractivity contribution is 7.10. The van der Waals surface area contributed by atoms with Crippen LogP contribution in [-0.4, -0.2) is 12.9 Å². The normalized spacial score (nSPS) is 10.4. The molecule has 0 radical (unpaired) electrons. The maximum Gasteiger partial charge on any atom is 0.171 e. The van der Waals surface area contributed by atoms with Gasteiger partial charge >= 0.3 is 0 Å². The monoisotopic (exact) mass is 260 g/mol. The standard InChI is InChI=1S/C15H16O2S/c1-10-6-7-13(15(17-3)11(10)2)14(16)9-12-5-4-8-18-12/h4-8H,9H2,1-3H3. The van der Waals surface area contributed by atoms with Crippen molar-refractivity contribution < 1.29 is 9.53 Å². The lowest BCUT2D eigenvalue weighted by atomic mass is 10.00. The zero-order valence-corrected chi connectivity index (χ0v) is 11.6. The smallest absolute Gasteiger partial charge is 0.171 e.